The molecule has 0 aromatic carbocycles. The van der Waals surface area contributed by atoms with Gasteiger partial charge in [-0.2, -0.15) is 0 Å². The number of nitrogens with zero attached hydrogens (tertiary/aromatic N) is 2. The quantitative estimate of drug-likeness (QED) is 0.472. The molecule has 1 saturated heterocycles. The Balaban J connectivity index is 2.43. The summed E-state index contributed by atoms with van der Waals surface area (Å²) in [5, 5.41) is 14.7. The SMILES string of the molecule is CC(C)(C)NC(=O)N1CCC(=NO)CC1. The molecule has 0 aromatic heterocycles. The number of piperidine rings is 1. The van der Waals surface area contributed by atoms with Crippen molar-refractivity contribution >= 4 is 11.7 Å². The Morgan fingerprint density at radius 2 is 1.93 bits per heavy atom. The van der Waals surface area contributed by atoms with Crippen molar-refractivity contribution in [3.63, 3.8) is 0 Å². The number of carbonyl (C=O) groups excluding carboxylic acids is 1. The van der Waals surface area contributed by atoms with Gasteiger partial charge >= 0.3 is 6.03 Å². The van der Waals surface area contributed by atoms with Crippen LogP contribution in [0.3, 0.4) is 0 Å². The minimum absolute atomic E-state index is 0.0421. The molecule has 5 heteroatoms. The number of hydrogen-bond acceptors (Lipinski definition) is 3. The summed E-state index contributed by atoms with van der Waals surface area (Å²) in [6.45, 7) is 7.11. The molecule has 1 aliphatic rings. The maximum Gasteiger partial charge on any atom is 0.317 e. The Hall–Kier alpha value is -1.26. The first kappa shape index (κ1) is 11.8. The number of urea groups is 1. The van der Waals surface area contributed by atoms with E-state index >= 15 is 0 Å². The topological polar surface area (TPSA) is 64.9 Å². The van der Waals surface area contributed by atoms with Crippen molar-refractivity contribution in [1.29, 1.82) is 0 Å². The maximum absolute atomic E-state index is 11.7. The van der Waals surface area contributed by atoms with Gasteiger partial charge in [0.1, 0.15) is 0 Å². The fourth-order valence-corrected chi connectivity index (χ4v) is 1.47. The lowest BCUT2D eigenvalue weighted by atomic mass is 10.1. The maximum atomic E-state index is 11.7. The molecule has 0 aromatic rings. The standard InChI is InChI=1S/C10H19N3O2/c1-10(2,3)11-9(14)13-6-4-8(12-15)5-7-13/h15H,4-7H2,1-3H3,(H,11,14). The van der Waals surface area contributed by atoms with Crippen LogP contribution in [-0.2, 0) is 0 Å². The highest BCUT2D eigenvalue weighted by Crippen LogP contribution is 2.09. The number of nitrogens with one attached hydrogen (secondary N) is 1. The van der Waals surface area contributed by atoms with Crippen LogP contribution in [0.25, 0.3) is 0 Å². The Bertz CT molecular complexity index is 258. The Morgan fingerprint density at radius 3 is 2.33 bits per heavy atom. The van der Waals surface area contributed by atoms with E-state index in [4.69, 9.17) is 5.21 Å². The summed E-state index contributed by atoms with van der Waals surface area (Å²) in [4.78, 5) is 13.5. The van der Waals surface area contributed by atoms with Gasteiger partial charge in [0.15, 0.2) is 0 Å². The van der Waals surface area contributed by atoms with Crippen LogP contribution in [0, 0.1) is 0 Å². The van der Waals surface area contributed by atoms with Crippen LogP contribution < -0.4 is 5.32 Å². The second-order valence-corrected chi connectivity index (χ2v) is 4.83. The molecule has 0 saturated carbocycles. The summed E-state index contributed by atoms with van der Waals surface area (Å²) in [5.41, 5.74) is 0.567. The molecule has 0 spiro atoms. The summed E-state index contributed by atoms with van der Waals surface area (Å²) in [7, 11) is 0. The zero-order valence-corrected chi connectivity index (χ0v) is 9.58. The van der Waals surface area contributed by atoms with Crippen LogP contribution >= 0.6 is 0 Å². The molecule has 0 radical (unpaired) electrons. The van der Waals surface area contributed by atoms with Gasteiger partial charge < -0.3 is 15.4 Å². The van der Waals surface area contributed by atoms with E-state index in [0.29, 0.717) is 25.9 Å². The lowest BCUT2D eigenvalue weighted by molar-refractivity contribution is 0.187. The first-order chi connectivity index (χ1) is 6.92. The predicted molar refractivity (Wildman–Crippen MR) is 58.3 cm³/mol. The van der Waals surface area contributed by atoms with Gasteiger partial charge in [-0.05, 0) is 20.8 Å². The Morgan fingerprint density at radius 1 is 1.40 bits per heavy atom. The fourth-order valence-electron chi connectivity index (χ4n) is 1.47. The summed E-state index contributed by atoms with van der Waals surface area (Å²) in [6, 6.07) is -0.0421. The summed E-state index contributed by atoms with van der Waals surface area (Å²) in [6.07, 6.45) is 1.32. The van der Waals surface area contributed by atoms with Crippen LogP contribution in [0.4, 0.5) is 4.79 Å². The van der Waals surface area contributed by atoms with Crippen molar-refractivity contribution in [1.82, 2.24) is 10.2 Å². The molecule has 86 valence electrons. The van der Waals surface area contributed by atoms with E-state index in [1.165, 1.54) is 0 Å². The van der Waals surface area contributed by atoms with Gasteiger partial charge in [-0.3, -0.25) is 0 Å². The number of carbonyl (C=O) groups is 1. The van der Waals surface area contributed by atoms with Crippen molar-refractivity contribution < 1.29 is 10.0 Å². The number of amides is 2. The second kappa shape index (κ2) is 4.51. The van der Waals surface area contributed by atoms with Gasteiger partial charge in [-0.25, -0.2) is 4.79 Å². The third-order valence-electron chi connectivity index (χ3n) is 2.25. The van der Waals surface area contributed by atoms with E-state index in [0.717, 1.165) is 5.71 Å². The molecule has 2 N–H and O–H groups in total. The largest absolute Gasteiger partial charge is 0.411 e. The first-order valence-electron chi connectivity index (χ1n) is 5.19. The molecule has 15 heavy (non-hydrogen) atoms. The third-order valence-corrected chi connectivity index (χ3v) is 2.25. The Labute approximate surface area is 90.1 Å². The smallest absolute Gasteiger partial charge is 0.317 e. The highest BCUT2D eigenvalue weighted by atomic mass is 16.4. The van der Waals surface area contributed by atoms with Crippen LogP contribution in [0.2, 0.25) is 0 Å². The average molecular weight is 213 g/mol. The van der Waals surface area contributed by atoms with Crippen LogP contribution in [-0.4, -0.2) is 40.5 Å². The minimum atomic E-state index is -0.206. The first-order valence-corrected chi connectivity index (χ1v) is 5.19. The van der Waals surface area contributed by atoms with E-state index in [2.05, 4.69) is 10.5 Å². The average Bonchev–Trinajstić information content (AvgIpc) is 2.15. The zero-order chi connectivity index (χ0) is 11.5. The molecule has 1 rings (SSSR count). The van der Waals surface area contributed by atoms with E-state index in [1.807, 2.05) is 20.8 Å². The molecule has 0 aliphatic carbocycles. The van der Waals surface area contributed by atoms with Crippen LogP contribution in [0.15, 0.2) is 5.16 Å². The van der Waals surface area contributed by atoms with E-state index in [1.54, 1.807) is 4.90 Å². The fraction of sp³-hybridized carbons (Fsp3) is 0.800. The van der Waals surface area contributed by atoms with Crippen molar-refractivity contribution in [2.45, 2.75) is 39.2 Å². The van der Waals surface area contributed by atoms with Crippen molar-refractivity contribution in [3.8, 4) is 0 Å². The summed E-state index contributed by atoms with van der Waals surface area (Å²) < 4.78 is 0. The van der Waals surface area contributed by atoms with Gasteiger partial charge in [-0.15, -0.1) is 0 Å². The molecule has 1 heterocycles. The highest BCUT2D eigenvalue weighted by Gasteiger charge is 2.23. The number of hydrogen-bond donors (Lipinski definition) is 2. The van der Waals surface area contributed by atoms with Gasteiger partial charge in [0.05, 0.1) is 5.71 Å². The van der Waals surface area contributed by atoms with Gasteiger partial charge in [-0.1, -0.05) is 5.16 Å². The molecule has 0 atom stereocenters. The van der Waals surface area contributed by atoms with Crippen LogP contribution in [0.5, 0.6) is 0 Å². The normalized spacial score (nSPS) is 17.5. The molecule has 1 fully saturated rings. The van der Waals surface area contributed by atoms with Crippen molar-refractivity contribution in [2.24, 2.45) is 5.16 Å². The molecular weight excluding hydrogens is 194 g/mol. The summed E-state index contributed by atoms with van der Waals surface area (Å²) in [5.74, 6) is 0. The number of oxime groups is 1. The van der Waals surface area contributed by atoms with Gasteiger partial charge in [0, 0.05) is 31.5 Å². The molecule has 2 amide bonds. The number of likely N-dealkylation sites (tertiary alicyclic amines) is 1. The van der Waals surface area contributed by atoms with Gasteiger partial charge in [0.2, 0.25) is 0 Å². The highest BCUT2D eigenvalue weighted by molar-refractivity contribution is 5.86. The van der Waals surface area contributed by atoms with E-state index < -0.39 is 0 Å². The third kappa shape index (κ3) is 3.77. The van der Waals surface area contributed by atoms with E-state index in [9.17, 15) is 4.79 Å². The van der Waals surface area contributed by atoms with Crippen molar-refractivity contribution in [2.75, 3.05) is 13.1 Å². The monoisotopic (exact) mass is 213 g/mol. The molecule has 5 nitrogen and oxygen atoms in total. The predicted octanol–water partition coefficient (Wildman–Crippen LogP) is 1.42. The molecule has 1 aliphatic heterocycles. The Kier molecular flexibility index (Phi) is 3.55. The van der Waals surface area contributed by atoms with E-state index in [-0.39, 0.29) is 11.6 Å². The molecule has 0 bridgehead atoms. The van der Waals surface area contributed by atoms with Crippen molar-refractivity contribution in [3.05, 3.63) is 0 Å². The van der Waals surface area contributed by atoms with Crippen LogP contribution in [0.1, 0.15) is 33.6 Å². The number of rotatable bonds is 0. The lowest BCUT2D eigenvalue weighted by Gasteiger charge is -2.31. The second-order valence-electron chi connectivity index (χ2n) is 4.83. The van der Waals surface area contributed by atoms with Gasteiger partial charge in [0.25, 0.3) is 0 Å². The minimum Gasteiger partial charge on any atom is -0.411 e. The zero-order valence-electron chi connectivity index (χ0n) is 9.58. The summed E-state index contributed by atoms with van der Waals surface area (Å²) >= 11 is 0. The molecular formula is C10H19N3O2. The molecule has 0 unspecified atom stereocenters. The lowest BCUT2D eigenvalue weighted by Crippen LogP contribution is -2.50.